The van der Waals surface area contributed by atoms with Crippen LogP contribution in [0.4, 0.5) is 0 Å². The van der Waals surface area contributed by atoms with E-state index in [-0.39, 0.29) is 0 Å². The van der Waals surface area contributed by atoms with Gasteiger partial charge in [0.05, 0.1) is 0 Å². The van der Waals surface area contributed by atoms with E-state index in [0.29, 0.717) is 5.41 Å². The fraction of sp³-hybridized carbons (Fsp3) is 0.733. The maximum absolute atomic E-state index is 3.75. The Morgan fingerprint density at radius 1 is 1.53 bits per heavy atom. The summed E-state index contributed by atoms with van der Waals surface area (Å²) in [6, 6.07) is 5.15. The zero-order valence-corrected chi connectivity index (χ0v) is 12.1. The third kappa shape index (κ3) is 3.56. The highest BCUT2D eigenvalue weighted by atomic mass is 32.1. The van der Waals surface area contributed by atoms with Crippen molar-refractivity contribution in [2.75, 3.05) is 6.54 Å². The van der Waals surface area contributed by atoms with Crippen molar-refractivity contribution >= 4 is 11.3 Å². The van der Waals surface area contributed by atoms with Crippen molar-refractivity contribution in [3.05, 3.63) is 22.4 Å². The fourth-order valence-corrected chi connectivity index (χ4v) is 3.45. The molecule has 2 atom stereocenters. The first-order valence-corrected chi connectivity index (χ1v) is 7.77. The molecule has 0 amide bonds. The van der Waals surface area contributed by atoms with Gasteiger partial charge < -0.3 is 5.32 Å². The summed E-state index contributed by atoms with van der Waals surface area (Å²) in [6.07, 6.45) is 5.18. The Morgan fingerprint density at radius 2 is 2.29 bits per heavy atom. The number of nitrogens with one attached hydrogen (secondary N) is 1. The molecule has 0 aromatic carbocycles. The van der Waals surface area contributed by atoms with Gasteiger partial charge in [0.15, 0.2) is 0 Å². The van der Waals surface area contributed by atoms with Crippen LogP contribution in [-0.2, 0) is 6.42 Å². The predicted molar refractivity (Wildman–Crippen MR) is 76.6 cm³/mol. The standard InChI is InChI=1S/C15H25NS/c1-4-9-16-14(13-11-15(13,2)3)8-7-12-6-5-10-17-12/h5-6,10,13-14,16H,4,7-9,11H2,1-3H3. The Balaban J connectivity index is 1.83. The van der Waals surface area contributed by atoms with Gasteiger partial charge >= 0.3 is 0 Å². The molecule has 1 saturated carbocycles. The van der Waals surface area contributed by atoms with E-state index in [0.717, 1.165) is 12.0 Å². The van der Waals surface area contributed by atoms with Crippen LogP contribution in [0.25, 0.3) is 0 Å². The molecule has 17 heavy (non-hydrogen) atoms. The van der Waals surface area contributed by atoms with E-state index < -0.39 is 0 Å². The lowest BCUT2D eigenvalue weighted by Gasteiger charge is -2.20. The molecule has 2 rings (SSSR count). The molecule has 1 aromatic heterocycles. The van der Waals surface area contributed by atoms with Crippen LogP contribution in [-0.4, -0.2) is 12.6 Å². The van der Waals surface area contributed by atoms with E-state index in [9.17, 15) is 0 Å². The lowest BCUT2D eigenvalue weighted by molar-refractivity contribution is 0.386. The highest BCUT2D eigenvalue weighted by Crippen LogP contribution is 2.54. The Labute approximate surface area is 110 Å². The molecule has 0 radical (unpaired) electrons. The zero-order valence-electron chi connectivity index (χ0n) is 11.3. The molecule has 2 unspecified atom stereocenters. The number of thiophene rings is 1. The van der Waals surface area contributed by atoms with Gasteiger partial charge in [-0.25, -0.2) is 0 Å². The van der Waals surface area contributed by atoms with Crippen LogP contribution in [0.2, 0.25) is 0 Å². The first-order chi connectivity index (χ1) is 8.13. The van der Waals surface area contributed by atoms with E-state index >= 15 is 0 Å². The Hall–Kier alpha value is -0.340. The van der Waals surface area contributed by atoms with E-state index in [2.05, 4.69) is 43.6 Å². The molecule has 1 N–H and O–H groups in total. The summed E-state index contributed by atoms with van der Waals surface area (Å²) in [7, 11) is 0. The molecule has 2 heteroatoms. The molecule has 96 valence electrons. The Morgan fingerprint density at radius 3 is 2.82 bits per heavy atom. The van der Waals surface area contributed by atoms with Gasteiger partial charge in [-0.05, 0) is 55.0 Å². The van der Waals surface area contributed by atoms with Crippen LogP contribution in [0, 0.1) is 11.3 Å². The maximum Gasteiger partial charge on any atom is 0.0104 e. The highest BCUT2D eigenvalue weighted by molar-refractivity contribution is 7.09. The van der Waals surface area contributed by atoms with Crippen molar-refractivity contribution in [3.63, 3.8) is 0 Å². The summed E-state index contributed by atoms with van der Waals surface area (Å²) in [4.78, 5) is 1.53. The summed E-state index contributed by atoms with van der Waals surface area (Å²) < 4.78 is 0. The minimum Gasteiger partial charge on any atom is -0.314 e. The highest BCUT2D eigenvalue weighted by Gasteiger charge is 2.49. The van der Waals surface area contributed by atoms with E-state index in [1.54, 1.807) is 0 Å². The second-order valence-electron chi connectivity index (χ2n) is 5.98. The van der Waals surface area contributed by atoms with Crippen LogP contribution in [0.3, 0.4) is 0 Å². The van der Waals surface area contributed by atoms with Gasteiger partial charge in [-0.3, -0.25) is 0 Å². The van der Waals surface area contributed by atoms with Crippen molar-refractivity contribution < 1.29 is 0 Å². The van der Waals surface area contributed by atoms with Crippen molar-refractivity contribution in [2.45, 2.75) is 52.5 Å². The molecular weight excluding hydrogens is 226 g/mol. The molecule has 1 aromatic rings. The van der Waals surface area contributed by atoms with E-state index in [4.69, 9.17) is 0 Å². The summed E-state index contributed by atoms with van der Waals surface area (Å²) in [5.74, 6) is 0.897. The predicted octanol–water partition coefficient (Wildman–Crippen LogP) is 4.10. The van der Waals surface area contributed by atoms with Crippen LogP contribution in [0.5, 0.6) is 0 Å². The average Bonchev–Trinajstić information content (AvgIpc) is 2.74. The van der Waals surface area contributed by atoms with Gasteiger partial charge in [-0.15, -0.1) is 11.3 Å². The molecule has 0 spiro atoms. The number of rotatable bonds is 7. The van der Waals surface area contributed by atoms with Crippen LogP contribution < -0.4 is 5.32 Å². The van der Waals surface area contributed by atoms with Gasteiger partial charge in [-0.1, -0.05) is 26.8 Å². The molecule has 1 aliphatic rings. The quantitative estimate of drug-likeness (QED) is 0.769. The SMILES string of the molecule is CCCNC(CCc1cccs1)C1CC1(C)C. The number of hydrogen-bond acceptors (Lipinski definition) is 2. The summed E-state index contributed by atoms with van der Waals surface area (Å²) >= 11 is 1.89. The molecule has 0 bridgehead atoms. The summed E-state index contributed by atoms with van der Waals surface area (Å²) in [6.45, 7) is 8.23. The average molecular weight is 251 g/mol. The van der Waals surface area contributed by atoms with Crippen molar-refractivity contribution in [1.82, 2.24) is 5.32 Å². The fourth-order valence-electron chi connectivity index (χ4n) is 2.72. The van der Waals surface area contributed by atoms with Gasteiger partial charge in [-0.2, -0.15) is 0 Å². The first-order valence-electron chi connectivity index (χ1n) is 6.89. The largest absolute Gasteiger partial charge is 0.314 e. The molecule has 1 heterocycles. The summed E-state index contributed by atoms with van der Waals surface area (Å²) in [5, 5.41) is 5.94. The Kier molecular flexibility index (Phi) is 4.26. The summed E-state index contributed by atoms with van der Waals surface area (Å²) in [5.41, 5.74) is 0.584. The lowest BCUT2D eigenvalue weighted by atomic mass is 9.99. The van der Waals surface area contributed by atoms with Crippen molar-refractivity contribution in [2.24, 2.45) is 11.3 Å². The maximum atomic E-state index is 3.75. The zero-order chi connectivity index (χ0) is 12.3. The van der Waals surface area contributed by atoms with E-state index in [1.807, 2.05) is 11.3 Å². The van der Waals surface area contributed by atoms with Gasteiger partial charge in [0.2, 0.25) is 0 Å². The number of aryl methyl sites for hydroxylation is 1. The lowest BCUT2D eigenvalue weighted by Crippen LogP contribution is -2.33. The van der Waals surface area contributed by atoms with Crippen molar-refractivity contribution in [1.29, 1.82) is 0 Å². The monoisotopic (exact) mass is 251 g/mol. The molecule has 1 fully saturated rings. The molecular formula is C15H25NS. The first kappa shape index (κ1) is 13.1. The minimum absolute atomic E-state index is 0.584. The minimum atomic E-state index is 0.584. The van der Waals surface area contributed by atoms with Crippen LogP contribution in [0.15, 0.2) is 17.5 Å². The Bertz CT molecular complexity index is 329. The third-order valence-electron chi connectivity index (χ3n) is 4.01. The third-order valence-corrected chi connectivity index (χ3v) is 4.95. The number of hydrogen-bond donors (Lipinski definition) is 1. The van der Waals surface area contributed by atoms with Crippen LogP contribution in [0.1, 0.15) is 44.9 Å². The molecule has 1 nitrogen and oxygen atoms in total. The second-order valence-corrected chi connectivity index (χ2v) is 7.01. The van der Waals surface area contributed by atoms with Gasteiger partial charge in [0, 0.05) is 10.9 Å². The molecule has 0 aliphatic heterocycles. The van der Waals surface area contributed by atoms with Gasteiger partial charge in [0.25, 0.3) is 0 Å². The van der Waals surface area contributed by atoms with Crippen LogP contribution >= 0.6 is 11.3 Å². The second kappa shape index (κ2) is 5.53. The van der Waals surface area contributed by atoms with Gasteiger partial charge in [0.1, 0.15) is 0 Å². The topological polar surface area (TPSA) is 12.0 Å². The molecule has 1 aliphatic carbocycles. The molecule has 0 saturated heterocycles. The smallest absolute Gasteiger partial charge is 0.0104 e. The normalized spacial score (nSPS) is 23.6. The van der Waals surface area contributed by atoms with Crippen molar-refractivity contribution in [3.8, 4) is 0 Å². The van der Waals surface area contributed by atoms with E-state index in [1.165, 1.54) is 37.1 Å².